The van der Waals surface area contributed by atoms with Gasteiger partial charge in [0.25, 0.3) is 0 Å². The molecule has 0 heterocycles. The van der Waals surface area contributed by atoms with Crippen molar-refractivity contribution >= 4 is 35.0 Å². The maximum absolute atomic E-state index is 11.5. The Balaban J connectivity index is 2.72. The van der Waals surface area contributed by atoms with Crippen molar-refractivity contribution in [3.63, 3.8) is 0 Å². The van der Waals surface area contributed by atoms with Crippen molar-refractivity contribution in [2.75, 3.05) is 5.32 Å². The van der Waals surface area contributed by atoms with Crippen molar-refractivity contribution in [3.05, 3.63) is 28.8 Å². The molecule has 0 aliphatic heterocycles. The van der Waals surface area contributed by atoms with E-state index in [1.54, 1.807) is 39.0 Å². The first kappa shape index (κ1) is 14.1. The molecule has 0 saturated heterocycles. The highest BCUT2D eigenvalue weighted by molar-refractivity contribution is 6.32. The molecule has 3 nitrogen and oxygen atoms in total. The van der Waals surface area contributed by atoms with Gasteiger partial charge in [-0.2, -0.15) is 0 Å². The molecular formula is C12H15Cl2NO2. The first-order valence-electron chi connectivity index (χ1n) is 5.16. The third-order valence-electron chi connectivity index (χ3n) is 1.83. The standard InChI is InChI=1S/C12H15Cl2NO2/c1-12(2,3)17-11(16)15-9-4-5-10(14)8(6-9)7-13/h4-6H,7H2,1-3H3,(H,15,16). The Morgan fingerprint density at radius 1 is 1.41 bits per heavy atom. The molecule has 0 atom stereocenters. The van der Waals surface area contributed by atoms with Gasteiger partial charge in [-0.15, -0.1) is 11.6 Å². The molecule has 0 fully saturated rings. The molecule has 0 bridgehead atoms. The van der Waals surface area contributed by atoms with Gasteiger partial charge in [-0.1, -0.05) is 11.6 Å². The molecule has 0 unspecified atom stereocenters. The molecule has 94 valence electrons. The van der Waals surface area contributed by atoms with E-state index in [4.69, 9.17) is 27.9 Å². The Kier molecular flexibility index (Phi) is 4.66. The maximum Gasteiger partial charge on any atom is 0.412 e. The third kappa shape index (κ3) is 4.84. The molecule has 1 amide bonds. The van der Waals surface area contributed by atoms with Crippen LogP contribution in [0, 0.1) is 0 Å². The van der Waals surface area contributed by atoms with Gasteiger partial charge in [-0.3, -0.25) is 5.32 Å². The summed E-state index contributed by atoms with van der Waals surface area (Å²) in [5.74, 6) is 0.294. The van der Waals surface area contributed by atoms with Crippen molar-refractivity contribution in [1.82, 2.24) is 0 Å². The summed E-state index contributed by atoms with van der Waals surface area (Å²) < 4.78 is 5.13. The second kappa shape index (κ2) is 5.61. The van der Waals surface area contributed by atoms with E-state index >= 15 is 0 Å². The van der Waals surface area contributed by atoms with Crippen molar-refractivity contribution in [1.29, 1.82) is 0 Å². The van der Waals surface area contributed by atoms with Crippen LogP contribution < -0.4 is 5.32 Å². The molecule has 0 radical (unpaired) electrons. The minimum absolute atomic E-state index is 0.294. The molecule has 1 aromatic carbocycles. The number of nitrogens with one attached hydrogen (secondary N) is 1. The predicted molar refractivity (Wildman–Crippen MR) is 70.9 cm³/mol. The van der Waals surface area contributed by atoms with Crippen LogP contribution in [0.5, 0.6) is 0 Å². The predicted octanol–water partition coefficient (Wildman–Crippen LogP) is 4.43. The minimum atomic E-state index is -0.522. The van der Waals surface area contributed by atoms with Gasteiger partial charge >= 0.3 is 6.09 Å². The van der Waals surface area contributed by atoms with Gasteiger partial charge in [0, 0.05) is 16.6 Å². The van der Waals surface area contributed by atoms with E-state index < -0.39 is 11.7 Å². The van der Waals surface area contributed by atoms with Crippen molar-refractivity contribution in [2.24, 2.45) is 0 Å². The molecular weight excluding hydrogens is 261 g/mol. The van der Waals surface area contributed by atoms with Gasteiger partial charge in [0.1, 0.15) is 5.60 Å². The van der Waals surface area contributed by atoms with Gasteiger partial charge in [0.05, 0.1) is 0 Å². The number of carbonyl (C=O) groups excluding carboxylic acids is 1. The number of hydrogen-bond donors (Lipinski definition) is 1. The highest BCUT2D eigenvalue weighted by Gasteiger charge is 2.16. The normalized spacial score (nSPS) is 11.1. The van der Waals surface area contributed by atoms with E-state index in [2.05, 4.69) is 5.32 Å². The van der Waals surface area contributed by atoms with Crippen LogP contribution in [0.2, 0.25) is 5.02 Å². The van der Waals surface area contributed by atoms with Gasteiger partial charge in [0.15, 0.2) is 0 Å². The lowest BCUT2D eigenvalue weighted by Crippen LogP contribution is -2.27. The summed E-state index contributed by atoms with van der Waals surface area (Å²) in [6, 6.07) is 5.10. The largest absolute Gasteiger partial charge is 0.444 e. The summed E-state index contributed by atoms with van der Waals surface area (Å²) in [7, 11) is 0. The fourth-order valence-corrected chi connectivity index (χ4v) is 1.65. The summed E-state index contributed by atoms with van der Waals surface area (Å²) in [5.41, 5.74) is 0.854. The lowest BCUT2D eigenvalue weighted by Gasteiger charge is -2.19. The Labute approximate surface area is 111 Å². The zero-order chi connectivity index (χ0) is 13.1. The maximum atomic E-state index is 11.5. The van der Waals surface area contributed by atoms with Crippen LogP contribution in [0.15, 0.2) is 18.2 Å². The molecule has 1 rings (SSSR count). The van der Waals surface area contributed by atoms with Gasteiger partial charge in [-0.05, 0) is 44.5 Å². The van der Waals surface area contributed by atoms with Crippen LogP contribution in [0.3, 0.4) is 0 Å². The Hall–Kier alpha value is -0.930. The highest BCUT2D eigenvalue weighted by Crippen LogP contribution is 2.22. The minimum Gasteiger partial charge on any atom is -0.444 e. The highest BCUT2D eigenvalue weighted by atomic mass is 35.5. The number of alkyl halides is 1. The summed E-state index contributed by atoms with van der Waals surface area (Å²) in [5, 5.41) is 3.20. The first-order valence-corrected chi connectivity index (χ1v) is 6.07. The molecule has 0 aliphatic rings. The van der Waals surface area contributed by atoms with E-state index in [0.29, 0.717) is 16.6 Å². The summed E-state index contributed by atoms with van der Waals surface area (Å²) in [6.45, 7) is 5.41. The summed E-state index contributed by atoms with van der Waals surface area (Å²) in [6.07, 6.45) is -0.500. The van der Waals surface area contributed by atoms with Crippen LogP contribution in [0.1, 0.15) is 26.3 Å². The van der Waals surface area contributed by atoms with Crippen LogP contribution in [0.4, 0.5) is 10.5 Å². The number of amides is 1. The quantitative estimate of drug-likeness (QED) is 0.812. The van der Waals surface area contributed by atoms with Crippen LogP contribution in [-0.4, -0.2) is 11.7 Å². The fraction of sp³-hybridized carbons (Fsp3) is 0.417. The second-order valence-corrected chi connectivity index (χ2v) is 5.24. The SMILES string of the molecule is CC(C)(C)OC(=O)Nc1ccc(Cl)c(CCl)c1. The molecule has 0 aromatic heterocycles. The summed E-state index contributed by atoms with van der Waals surface area (Å²) >= 11 is 11.6. The molecule has 17 heavy (non-hydrogen) atoms. The van der Waals surface area contributed by atoms with E-state index in [1.165, 1.54) is 0 Å². The van der Waals surface area contributed by atoms with E-state index in [-0.39, 0.29) is 0 Å². The number of carbonyl (C=O) groups is 1. The molecule has 1 N–H and O–H groups in total. The average Bonchev–Trinajstić information content (AvgIpc) is 2.18. The average molecular weight is 276 g/mol. The van der Waals surface area contributed by atoms with Crippen LogP contribution in [-0.2, 0) is 10.6 Å². The number of anilines is 1. The third-order valence-corrected chi connectivity index (χ3v) is 2.49. The second-order valence-electron chi connectivity index (χ2n) is 4.57. The Morgan fingerprint density at radius 3 is 2.59 bits per heavy atom. The molecule has 0 saturated carbocycles. The molecule has 1 aromatic rings. The molecule has 0 spiro atoms. The fourth-order valence-electron chi connectivity index (χ4n) is 1.18. The first-order chi connectivity index (χ1) is 7.81. The van der Waals surface area contributed by atoms with Crippen molar-refractivity contribution in [3.8, 4) is 0 Å². The topological polar surface area (TPSA) is 38.3 Å². The van der Waals surface area contributed by atoms with E-state index in [1.807, 2.05) is 0 Å². The van der Waals surface area contributed by atoms with Crippen LogP contribution >= 0.6 is 23.2 Å². The molecule has 0 aliphatic carbocycles. The van der Waals surface area contributed by atoms with Crippen molar-refractivity contribution in [2.45, 2.75) is 32.3 Å². The monoisotopic (exact) mass is 275 g/mol. The Morgan fingerprint density at radius 2 is 2.06 bits per heavy atom. The zero-order valence-electron chi connectivity index (χ0n) is 10.0. The number of hydrogen-bond acceptors (Lipinski definition) is 2. The number of rotatable bonds is 2. The van der Waals surface area contributed by atoms with E-state index in [9.17, 15) is 4.79 Å². The number of benzene rings is 1. The Bertz CT molecular complexity index is 413. The number of ether oxygens (including phenoxy) is 1. The van der Waals surface area contributed by atoms with Crippen LogP contribution in [0.25, 0.3) is 0 Å². The molecule has 5 heteroatoms. The lowest BCUT2D eigenvalue weighted by molar-refractivity contribution is 0.0636. The van der Waals surface area contributed by atoms with Gasteiger partial charge in [-0.25, -0.2) is 4.79 Å². The zero-order valence-corrected chi connectivity index (χ0v) is 11.5. The van der Waals surface area contributed by atoms with Gasteiger partial charge in [0.2, 0.25) is 0 Å². The summed E-state index contributed by atoms with van der Waals surface area (Å²) in [4.78, 5) is 11.5. The smallest absolute Gasteiger partial charge is 0.412 e. The van der Waals surface area contributed by atoms with Gasteiger partial charge < -0.3 is 4.74 Å². The lowest BCUT2D eigenvalue weighted by atomic mass is 10.2. The number of halogens is 2. The van der Waals surface area contributed by atoms with Crippen molar-refractivity contribution < 1.29 is 9.53 Å². The van der Waals surface area contributed by atoms with E-state index in [0.717, 1.165) is 5.56 Å².